The molecule has 0 spiro atoms. The van der Waals surface area contributed by atoms with Crippen LogP contribution in [0.25, 0.3) is 0 Å². The highest BCUT2D eigenvalue weighted by molar-refractivity contribution is 9.10. The van der Waals surface area contributed by atoms with Gasteiger partial charge < -0.3 is 16.4 Å². The molecule has 0 unspecified atom stereocenters. The zero-order valence-corrected chi connectivity index (χ0v) is 14.4. The van der Waals surface area contributed by atoms with E-state index in [1.165, 1.54) is 0 Å². The Kier molecular flexibility index (Phi) is 5.78. The van der Waals surface area contributed by atoms with Crippen molar-refractivity contribution < 1.29 is 9.59 Å². The number of hydrogen-bond donors (Lipinski definition) is 3. The monoisotopic (exact) mass is 355 g/mol. The number of amides is 2. The van der Waals surface area contributed by atoms with Crippen LogP contribution in [0.3, 0.4) is 0 Å². The Morgan fingerprint density at radius 3 is 2.43 bits per heavy atom. The van der Waals surface area contributed by atoms with Crippen LogP contribution in [0.1, 0.15) is 32.8 Å². The van der Waals surface area contributed by atoms with E-state index in [1.54, 1.807) is 6.07 Å². The molecule has 1 aromatic carbocycles. The summed E-state index contributed by atoms with van der Waals surface area (Å²) in [4.78, 5) is 23.5. The summed E-state index contributed by atoms with van der Waals surface area (Å²) in [7, 11) is 0. The van der Waals surface area contributed by atoms with Gasteiger partial charge in [-0.25, -0.2) is 0 Å². The zero-order chi connectivity index (χ0) is 16.2. The highest BCUT2D eigenvalue weighted by Gasteiger charge is 2.16. The molecule has 4 N–H and O–H groups in total. The number of nitrogen functional groups attached to an aromatic ring is 1. The van der Waals surface area contributed by atoms with Gasteiger partial charge in [0.2, 0.25) is 11.8 Å². The molecule has 0 saturated heterocycles. The molecule has 1 aromatic rings. The summed E-state index contributed by atoms with van der Waals surface area (Å²) >= 11 is 3.36. The summed E-state index contributed by atoms with van der Waals surface area (Å²) in [6, 6.07) is 3.60. The van der Waals surface area contributed by atoms with Crippen molar-refractivity contribution in [3.8, 4) is 0 Å². The van der Waals surface area contributed by atoms with E-state index >= 15 is 0 Å². The molecule has 0 aromatic heterocycles. The second-order valence-corrected chi connectivity index (χ2v) is 7.16. The zero-order valence-electron chi connectivity index (χ0n) is 12.8. The molecule has 0 bridgehead atoms. The van der Waals surface area contributed by atoms with Gasteiger partial charge in [-0.05, 0) is 30.0 Å². The molecule has 0 aliphatic rings. The van der Waals surface area contributed by atoms with Crippen LogP contribution < -0.4 is 16.4 Å². The van der Waals surface area contributed by atoms with E-state index in [1.807, 2.05) is 33.8 Å². The van der Waals surface area contributed by atoms with Gasteiger partial charge in [0.1, 0.15) is 0 Å². The summed E-state index contributed by atoms with van der Waals surface area (Å²) in [6.45, 7) is 7.70. The fourth-order valence-electron chi connectivity index (χ4n) is 1.78. The number of rotatable bonds is 4. The summed E-state index contributed by atoms with van der Waals surface area (Å²) in [5.41, 5.74) is 7.74. The number of nitrogens with one attached hydrogen (secondary N) is 2. The normalized spacial score (nSPS) is 11.1. The van der Waals surface area contributed by atoms with Crippen LogP contribution in [-0.2, 0) is 9.59 Å². The Morgan fingerprint density at radius 1 is 1.24 bits per heavy atom. The van der Waals surface area contributed by atoms with E-state index in [0.717, 1.165) is 10.0 Å². The van der Waals surface area contributed by atoms with E-state index in [9.17, 15) is 9.59 Å². The lowest BCUT2D eigenvalue weighted by Gasteiger charge is -2.17. The maximum absolute atomic E-state index is 11.9. The van der Waals surface area contributed by atoms with E-state index < -0.39 is 0 Å². The van der Waals surface area contributed by atoms with Crippen LogP contribution in [-0.4, -0.2) is 18.4 Å². The average molecular weight is 356 g/mol. The Bertz CT molecular complexity index is 551. The number of halogens is 1. The second-order valence-electron chi connectivity index (χ2n) is 6.25. The van der Waals surface area contributed by atoms with Crippen molar-refractivity contribution in [1.82, 2.24) is 5.32 Å². The van der Waals surface area contributed by atoms with Crippen molar-refractivity contribution in [2.45, 2.75) is 34.1 Å². The molecule has 0 aliphatic carbocycles. The molecule has 0 fully saturated rings. The molecule has 0 aliphatic heterocycles. The van der Waals surface area contributed by atoms with Crippen molar-refractivity contribution in [3.05, 3.63) is 22.2 Å². The van der Waals surface area contributed by atoms with Crippen LogP contribution in [0.4, 0.5) is 11.4 Å². The molecule has 116 valence electrons. The number of carbonyl (C=O) groups is 2. The molecule has 5 nitrogen and oxygen atoms in total. The molecule has 1 rings (SSSR count). The summed E-state index contributed by atoms with van der Waals surface area (Å²) in [6.07, 6.45) is 0.373. The van der Waals surface area contributed by atoms with Gasteiger partial charge in [-0.2, -0.15) is 0 Å². The fourth-order valence-corrected chi connectivity index (χ4v) is 2.35. The maximum atomic E-state index is 11.9. The van der Waals surface area contributed by atoms with Gasteiger partial charge in [-0.3, -0.25) is 9.59 Å². The van der Waals surface area contributed by atoms with Gasteiger partial charge in [0, 0.05) is 10.9 Å². The van der Waals surface area contributed by atoms with Gasteiger partial charge >= 0.3 is 0 Å². The number of carbonyl (C=O) groups excluding carboxylic acids is 2. The number of aryl methyl sites for hydroxylation is 1. The van der Waals surface area contributed by atoms with Crippen LogP contribution in [0.2, 0.25) is 0 Å². The van der Waals surface area contributed by atoms with Gasteiger partial charge in [0.25, 0.3) is 0 Å². The SMILES string of the molecule is Cc1cc(Br)cc(NC(=O)CNC(=O)CC(C)(C)C)c1N. The Morgan fingerprint density at radius 2 is 1.86 bits per heavy atom. The van der Waals surface area contributed by atoms with E-state index in [4.69, 9.17) is 5.73 Å². The number of hydrogen-bond acceptors (Lipinski definition) is 3. The molecule has 0 saturated carbocycles. The number of anilines is 2. The lowest BCUT2D eigenvalue weighted by Crippen LogP contribution is -2.34. The molecular weight excluding hydrogens is 334 g/mol. The highest BCUT2D eigenvalue weighted by Crippen LogP contribution is 2.27. The Hall–Kier alpha value is -1.56. The molecule has 0 atom stereocenters. The van der Waals surface area contributed by atoms with Gasteiger partial charge in [0.15, 0.2) is 0 Å². The lowest BCUT2D eigenvalue weighted by atomic mass is 9.92. The first-order chi connectivity index (χ1) is 9.58. The van der Waals surface area contributed by atoms with Crippen molar-refractivity contribution in [2.75, 3.05) is 17.6 Å². The molecular formula is C15H22BrN3O2. The molecule has 2 amide bonds. The molecule has 0 radical (unpaired) electrons. The van der Waals surface area contributed by atoms with Crippen molar-refractivity contribution >= 4 is 39.1 Å². The first kappa shape index (κ1) is 17.5. The third-order valence-corrected chi connectivity index (χ3v) is 3.22. The topological polar surface area (TPSA) is 84.2 Å². The van der Waals surface area contributed by atoms with Gasteiger partial charge in [-0.1, -0.05) is 36.7 Å². The lowest BCUT2D eigenvalue weighted by molar-refractivity contribution is -0.125. The van der Waals surface area contributed by atoms with Gasteiger partial charge in [0.05, 0.1) is 17.9 Å². The van der Waals surface area contributed by atoms with Crippen molar-refractivity contribution in [1.29, 1.82) is 0 Å². The number of nitrogens with two attached hydrogens (primary N) is 1. The minimum absolute atomic E-state index is 0.0695. The highest BCUT2D eigenvalue weighted by atomic mass is 79.9. The third-order valence-electron chi connectivity index (χ3n) is 2.76. The fraction of sp³-hybridized carbons (Fsp3) is 0.467. The van der Waals surface area contributed by atoms with Crippen LogP contribution in [0.15, 0.2) is 16.6 Å². The molecule has 0 heterocycles. The predicted molar refractivity (Wildman–Crippen MR) is 89.0 cm³/mol. The summed E-state index contributed by atoms with van der Waals surface area (Å²) in [5, 5.41) is 5.31. The minimum Gasteiger partial charge on any atom is -0.397 e. The van der Waals surface area contributed by atoms with Crippen LogP contribution in [0, 0.1) is 12.3 Å². The second kappa shape index (κ2) is 6.93. The smallest absolute Gasteiger partial charge is 0.243 e. The third kappa shape index (κ3) is 6.16. The van der Waals surface area contributed by atoms with Crippen LogP contribution in [0.5, 0.6) is 0 Å². The van der Waals surface area contributed by atoms with Crippen LogP contribution >= 0.6 is 15.9 Å². The Balaban J connectivity index is 2.57. The van der Waals surface area contributed by atoms with Crippen molar-refractivity contribution in [2.24, 2.45) is 5.41 Å². The summed E-state index contributed by atoms with van der Waals surface area (Å²) < 4.78 is 0.835. The molecule has 21 heavy (non-hydrogen) atoms. The standard InChI is InChI=1S/C15H22BrN3O2/c1-9-5-10(16)6-11(14(9)17)19-13(21)8-18-12(20)7-15(2,3)4/h5-6H,7-8,17H2,1-4H3,(H,18,20)(H,19,21). The number of benzene rings is 1. The molecule has 6 heteroatoms. The minimum atomic E-state index is -0.304. The first-order valence-electron chi connectivity index (χ1n) is 6.70. The average Bonchev–Trinajstić information content (AvgIpc) is 2.30. The quantitative estimate of drug-likeness (QED) is 0.726. The van der Waals surface area contributed by atoms with E-state index in [2.05, 4.69) is 26.6 Å². The van der Waals surface area contributed by atoms with Gasteiger partial charge in [-0.15, -0.1) is 0 Å². The summed E-state index contributed by atoms with van der Waals surface area (Å²) in [5.74, 6) is -0.447. The first-order valence-corrected chi connectivity index (χ1v) is 7.50. The van der Waals surface area contributed by atoms with E-state index in [-0.39, 0.29) is 23.8 Å². The van der Waals surface area contributed by atoms with Crippen molar-refractivity contribution in [3.63, 3.8) is 0 Å². The maximum Gasteiger partial charge on any atom is 0.243 e. The Labute approximate surface area is 133 Å². The predicted octanol–water partition coefficient (Wildman–Crippen LogP) is 2.83. The van der Waals surface area contributed by atoms with E-state index in [0.29, 0.717) is 17.8 Å². The largest absolute Gasteiger partial charge is 0.397 e.